The van der Waals surface area contributed by atoms with Crippen LogP contribution in [0.15, 0.2) is 6.20 Å². The van der Waals surface area contributed by atoms with Crippen molar-refractivity contribution >= 4 is 21.6 Å². The first-order valence-corrected chi connectivity index (χ1v) is 10.4. The fourth-order valence-electron chi connectivity index (χ4n) is 3.68. The molecule has 3 rings (SSSR count). The highest BCUT2D eigenvalue weighted by Gasteiger charge is 2.31. The van der Waals surface area contributed by atoms with E-state index in [2.05, 4.69) is 10.4 Å². The maximum atomic E-state index is 12.4. The number of hydrogen-bond donors (Lipinski definition) is 1. The van der Waals surface area contributed by atoms with Crippen molar-refractivity contribution in [1.82, 2.24) is 14.7 Å². The number of aromatic nitrogens is 2. The van der Waals surface area contributed by atoms with E-state index >= 15 is 0 Å². The first-order chi connectivity index (χ1) is 11.4. The van der Waals surface area contributed by atoms with E-state index in [4.69, 9.17) is 0 Å². The van der Waals surface area contributed by atoms with Gasteiger partial charge < -0.3 is 5.32 Å². The molecule has 1 aliphatic heterocycles. The largest absolute Gasteiger partial charge is 0.310 e. The Balaban J connectivity index is 1.62. The van der Waals surface area contributed by atoms with E-state index in [0.717, 1.165) is 24.2 Å². The third-order valence-electron chi connectivity index (χ3n) is 5.13. The first-order valence-electron chi connectivity index (χ1n) is 8.60. The minimum absolute atomic E-state index is 0.0680. The standard InChI is InChI=1S/C16H26N4O3S/c1-12-9-17-20(13-5-3-4-6-13)16(12)18-15(21)10-19(2)14-7-8-24(22,23)11-14/h9,13-14H,3-8,10-11H2,1-2H3,(H,18,21). The Bertz CT molecular complexity index is 707. The third-order valence-corrected chi connectivity index (χ3v) is 6.88. The molecule has 1 unspecified atom stereocenters. The molecule has 24 heavy (non-hydrogen) atoms. The molecule has 7 nitrogen and oxygen atoms in total. The monoisotopic (exact) mass is 354 g/mol. The molecule has 1 amide bonds. The van der Waals surface area contributed by atoms with Gasteiger partial charge in [0.1, 0.15) is 5.82 Å². The Kier molecular flexibility index (Phi) is 4.96. The molecule has 0 bridgehead atoms. The van der Waals surface area contributed by atoms with E-state index in [9.17, 15) is 13.2 Å². The van der Waals surface area contributed by atoms with Crippen molar-refractivity contribution in [3.05, 3.63) is 11.8 Å². The van der Waals surface area contributed by atoms with Crippen LogP contribution >= 0.6 is 0 Å². The lowest BCUT2D eigenvalue weighted by atomic mass is 10.2. The molecular formula is C16H26N4O3S. The maximum absolute atomic E-state index is 12.4. The molecule has 1 saturated heterocycles. The summed E-state index contributed by atoms with van der Waals surface area (Å²) in [5.74, 6) is 1.02. The maximum Gasteiger partial charge on any atom is 0.239 e. The Hall–Kier alpha value is -1.41. The van der Waals surface area contributed by atoms with Gasteiger partial charge >= 0.3 is 0 Å². The van der Waals surface area contributed by atoms with Crippen molar-refractivity contribution in [2.75, 3.05) is 30.4 Å². The van der Waals surface area contributed by atoms with Gasteiger partial charge in [0, 0.05) is 11.6 Å². The lowest BCUT2D eigenvalue weighted by molar-refractivity contribution is -0.117. The number of anilines is 1. The zero-order chi connectivity index (χ0) is 17.3. The highest BCUT2D eigenvalue weighted by Crippen LogP contribution is 2.32. The summed E-state index contributed by atoms with van der Waals surface area (Å²) < 4.78 is 25.1. The van der Waals surface area contributed by atoms with E-state index in [-0.39, 0.29) is 30.0 Å². The molecular weight excluding hydrogens is 328 g/mol. The molecule has 1 aromatic heterocycles. The van der Waals surface area contributed by atoms with Gasteiger partial charge in [-0.3, -0.25) is 9.69 Å². The summed E-state index contributed by atoms with van der Waals surface area (Å²) in [6.45, 7) is 2.14. The fourth-order valence-corrected chi connectivity index (χ4v) is 5.49. The molecule has 1 N–H and O–H groups in total. The van der Waals surface area contributed by atoms with E-state index in [1.165, 1.54) is 12.8 Å². The Morgan fingerprint density at radius 2 is 2.08 bits per heavy atom. The van der Waals surface area contributed by atoms with Crippen molar-refractivity contribution in [3.63, 3.8) is 0 Å². The van der Waals surface area contributed by atoms with Crippen LogP contribution in [0.2, 0.25) is 0 Å². The molecule has 134 valence electrons. The average molecular weight is 354 g/mol. The van der Waals surface area contributed by atoms with Crippen LogP contribution in [-0.4, -0.2) is 60.1 Å². The summed E-state index contributed by atoms with van der Waals surface area (Å²) in [4.78, 5) is 14.3. The average Bonchev–Trinajstić information content (AvgIpc) is 3.21. The molecule has 1 atom stereocenters. The smallest absolute Gasteiger partial charge is 0.239 e. The lowest BCUT2D eigenvalue weighted by Gasteiger charge is -2.23. The van der Waals surface area contributed by atoms with Gasteiger partial charge in [0.15, 0.2) is 9.84 Å². The molecule has 1 aromatic rings. The van der Waals surface area contributed by atoms with Crippen molar-refractivity contribution in [3.8, 4) is 0 Å². The van der Waals surface area contributed by atoms with Gasteiger partial charge in [0.25, 0.3) is 0 Å². The van der Waals surface area contributed by atoms with Crippen LogP contribution in [0, 0.1) is 6.92 Å². The highest BCUT2D eigenvalue weighted by atomic mass is 32.2. The normalized spacial score (nSPS) is 23.9. The number of hydrogen-bond acceptors (Lipinski definition) is 5. The van der Waals surface area contributed by atoms with Crippen molar-refractivity contribution in [1.29, 1.82) is 0 Å². The predicted octanol–water partition coefficient (Wildman–Crippen LogP) is 1.36. The Morgan fingerprint density at radius 3 is 2.71 bits per heavy atom. The summed E-state index contributed by atoms with van der Waals surface area (Å²) in [6, 6.07) is 0.299. The van der Waals surface area contributed by atoms with Gasteiger partial charge in [-0.2, -0.15) is 5.10 Å². The second-order valence-corrected chi connectivity index (χ2v) is 9.31. The first kappa shape index (κ1) is 17.4. The number of nitrogens with one attached hydrogen (secondary N) is 1. The molecule has 0 spiro atoms. The van der Waals surface area contributed by atoms with Gasteiger partial charge in [-0.15, -0.1) is 0 Å². The second-order valence-electron chi connectivity index (χ2n) is 7.08. The van der Waals surface area contributed by atoms with Crippen molar-refractivity contribution in [2.45, 2.75) is 51.1 Å². The van der Waals surface area contributed by atoms with Crippen LogP contribution in [0.1, 0.15) is 43.7 Å². The Labute approximate surface area is 143 Å². The third kappa shape index (κ3) is 3.80. The van der Waals surface area contributed by atoms with Crippen LogP contribution in [0.25, 0.3) is 0 Å². The molecule has 0 aromatic carbocycles. The summed E-state index contributed by atoms with van der Waals surface area (Å²) >= 11 is 0. The van der Waals surface area contributed by atoms with E-state index in [1.807, 2.05) is 23.6 Å². The van der Waals surface area contributed by atoms with Crippen molar-refractivity contribution < 1.29 is 13.2 Å². The Morgan fingerprint density at radius 1 is 1.38 bits per heavy atom. The molecule has 8 heteroatoms. The van der Waals surface area contributed by atoms with Gasteiger partial charge in [-0.1, -0.05) is 12.8 Å². The summed E-state index contributed by atoms with van der Waals surface area (Å²) in [6.07, 6.45) is 7.01. The topological polar surface area (TPSA) is 84.3 Å². The molecule has 2 aliphatic rings. The summed E-state index contributed by atoms with van der Waals surface area (Å²) in [5.41, 5.74) is 0.960. The minimum atomic E-state index is -2.94. The zero-order valence-corrected chi connectivity index (χ0v) is 15.2. The van der Waals surface area contributed by atoms with Crippen LogP contribution in [0.3, 0.4) is 0 Å². The van der Waals surface area contributed by atoms with Crippen LogP contribution in [-0.2, 0) is 14.6 Å². The number of likely N-dealkylation sites (N-methyl/N-ethyl adjacent to an activating group) is 1. The van der Waals surface area contributed by atoms with E-state index in [1.54, 1.807) is 6.20 Å². The number of carbonyl (C=O) groups excluding carboxylic acids is 1. The number of aryl methyl sites for hydroxylation is 1. The van der Waals surface area contributed by atoms with Crippen LogP contribution < -0.4 is 5.32 Å². The summed E-state index contributed by atoms with van der Waals surface area (Å²) in [7, 11) is -1.13. The van der Waals surface area contributed by atoms with E-state index in [0.29, 0.717) is 12.5 Å². The van der Waals surface area contributed by atoms with Crippen molar-refractivity contribution in [2.24, 2.45) is 0 Å². The minimum Gasteiger partial charge on any atom is -0.310 e. The SMILES string of the molecule is Cc1cnn(C2CCCC2)c1NC(=O)CN(C)C1CCS(=O)(=O)C1. The van der Waals surface area contributed by atoms with Gasteiger partial charge in [0.2, 0.25) is 5.91 Å². The number of sulfone groups is 1. The predicted molar refractivity (Wildman–Crippen MR) is 92.8 cm³/mol. The molecule has 2 heterocycles. The highest BCUT2D eigenvalue weighted by molar-refractivity contribution is 7.91. The molecule has 0 radical (unpaired) electrons. The van der Waals surface area contributed by atoms with E-state index < -0.39 is 9.84 Å². The van der Waals surface area contributed by atoms with Gasteiger partial charge in [-0.25, -0.2) is 13.1 Å². The zero-order valence-electron chi connectivity index (χ0n) is 14.4. The number of amides is 1. The number of nitrogens with zero attached hydrogens (tertiary/aromatic N) is 3. The van der Waals surface area contributed by atoms with Crippen LogP contribution in [0.5, 0.6) is 0 Å². The molecule has 1 saturated carbocycles. The number of rotatable bonds is 5. The van der Waals surface area contributed by atoms with Gasteiger partial charge in [0.05, 0.1) is 30.3 Å². The molecule has 2 fully saturated rings. The summed E-state index contributed by atoms with van der Waals surface area (Å²) in [5, 5.41) is 7.42. The van der Waals surface area contributed by atoms with Crippen LogP contribution in [0.4, 0.5) is 5.82 Å². The lowest BCUT2D eigenvalue weighted by Crippen LogP contribution is -2.39. The van der Waals surface area contributed by atoms with Gasteiger partial charge in [-0.05, 0) is 33.2 Å². The second kappa shape index (κ2) is 6.84. The fraction of sp³-hybridized carbons (Fsp3) is 0.750. The number of carbonyl (C=O) groups is 1. The molecule has 1 aliphatic carbocycles. The quantitative estimate of drug-likeness (QED) is 0.863.